The zero-order valence-corrected chi connectivity index (χ0v) is 19.2. The van der Waals surface area contributed by atoms with Crippen LogP contribution in [-0.2, 0) is 6.54 Å². The average molecular weight is 455 g/mol. The topological polar surface area (TPSA) is 69.9 Å². The number of methoxy groups -OCH3 is 1. The Hall–Kier alpha value is -3.71. The number of aromatic nitrogens is 4. The Morgan fingerprint density at radius 1 is 1.00 bits per heavy atom. The van der Waals surface area contributed by atoms with Crippen molar-refractivity contribution in [1.29, 1.82) is 0 Å². The monoisotopic (exact) mass is 454 g/mol. The third-order valence-corrected chi connectivity index (χ3v) is 6.51. The van der Waals surface area contributed by atoms with E-state index in [2.05, 4.69) is 46.0 Å². The Morgan fingerprint density at radius 3 is 2.67 bits per heavy atom. The Balaban J connectivity index is 1.48. The van der Waals surface area contributed by atoms with Crippen molar-refractivity contribution >= 4 is 39.6 Å². The predicted molar refractivity (Wildman–Crippen MR) is 131 cm³/mol. The number of thioether (sulfide) groups is 1. The van der Waals surface area contributed by atoms with Crippen molar-refractivity contribution in [3.63, 3.8) is 0 Å². The highest BCUT2D eigenvalue weighted by Crippen LogP contribution is 2.28. The number of carbonyl (C=O) groups excluding carboxylic acids is 1. The number of carbonyl (C=O) groups is 1. The Bertz CT molecular complexity index is 1480. The molecule has 0 fully saturated rings. The smallest absolute Gasteiger partial charge is 0.211 e. The molecule has 0 aliphatic rings. The second-order valence-electron chi connectivity index (χ2n) is 7.74. The van der Waals surface area contributed by atoms with Crippen molar-refractivity contribution in [3.05, 3.63) is 89.5 Å². The second-order valence-corrected chi connectivity index (χ2v) is 8.68. The minimum Gasteiger partial charge on any atom is -0.497 e. The number of nitrogens with zero attached hydrogens (tertiary/aromatic N) is 4. The van der Waals surface area contributed by atoms with E-state index in [-0.39, 0.29) is 11.5 Å². The SMILES string of the molecule is COc1cccc(C(=O)CSc2nnc3c4ccccc4n(Cc4ccccc4C)c3n2)c1. The number of hydrogen-bond donors (Lipinski definition) is 0. The van der Waals surface area contributed by atoms with E-state index in [0.29, 0.717) is 23.0 Å². The lowest BCUT2D eigenvalue weighted by atomic mass is 10.1. The fourth-order valence-corrected chi connectivity index (χ4v) is 4.55. The maximum absolute atomic E-state index is 12.7. The number of ether oxygens (including phenoxy) is 1. The molecule has 2 aromatic heterocycles. The van der Waals surface area contributed by atoms with Crippen LogP contribution in [0.25, 0.3) is 22.1 Å². The van der Waals surface area contributed by atoms with E-state index in [1.165, 1.54) is 22.9 Å². The van der Waals surface area contributed by atoms with Crippen LogP contribution in [0.4, 0.5) is 0 Å². The molecular formula is C26H22N4O2S. The summed E-state index contributed by atoms with van der Waals surface area (Å²) in [6, 6.07) is 23.6. The molecule has 5 aromatic rings. The molecule has 2 heterocycles. The summed E-state index contributed by atoms with van der Waals surface area (Å²) in [5.74, 6) is 0.868. The van der Waals surface area contributed by atoms with Gasteiger partial charge in [-0.3, -0.25) is 4.79 Å². The molecule has 0 amide bonds. The van der Waals surface area contributed by atoms with Gasteiger partial charge in [0.2, 0.25) is 5.16 Å². The largest absolute Gasteiger partial charge is 0.497 e. The van der Waals surface area contributed by atoms with Crippen LogP contribution in [0, 0.1) is 6.92 Å². The maximum atomic E-state index is 12.7. The summed E-state index contributed by atoms with van der Waals surface area (Å²) in [5.41, 5.74) is 5.65. The van der Waals surface area contributed by atoms with Gasteiger partial charge in [0.15, 0.2) is 11.4 Å². The van der Waals surface area contributed by atoms with Crippen molar-refractivity contribution < 1.29 is 9.53 Å². The lowest BCUT2D eigenvalue weighted by molar-refractivity contribution is 0.102. The van der Waals surface area contributed by atoms with Gasteiger partial charge in [-0.25, -0.2) is 4.98 Å². The molecule has 0 bridgehead atoms. The van der Waals surface area contributed by atoms with E-state index in [1.807, 2.05) is 36.4 Å². The molecule has 0 saturated heterocycles. The summed E-state index contributed by atoms with van der Waals surface area (Å²) >= 11 is 1.29. The van der Waals surface area contributed by atoms with E-state index in [9.17, 15) is 4.79 Å². The highest BCUT2D eigenvalue weighted by Gasteiger charge is 2.16. The van der Waals surface area contributed by atoms with Gasteiger partial charge in [-0.2, -0.15) is 0 Å². The highest BCUT2D eigenvalue weighted by atomic mass is 32.2. The van der Waals surface area contributed by atoms with Gasteiger partial charge in [0.1, 0.15) is 11.3 Å². The first kappa shape index (κ1) is 21.2. The van der Waals surface area contributed by atoms with Gasteiger partial charge >= 0.3 is 0 Å². The quantitative estimate of drug-likeness (QED) is 0.245. The number of benzene rings is 3. The average Bonchev–Trinajstić information content (AvgIpc) is 3.17. The first-order valence-electron chi connectivity index (χ1n) is 10.6. The van der Waals surface area contributed by atoms with Crippen LogP contribution >= 0.6 is 11.8 Å². The molecule has 7 heteroatoms. The minimum absolute atomic E-state index is 0.0111. The van der Waals surface area contributed by atoms with E-state index in [0.717, 1.165) is 22.1 Å². The number of para-hydroxylation sites is 1. The molecule has 3 aromatic carbocycles. The fraction of sp³-hybridized carbons (Fsp3) is 0.154. The van der Waals surface area contributed by atoms with Gasteiger partial charge in [-0.1, -0.05) is 66.4 Å². The molecule has 0 atom stereocenters. The van der Waals surface area contributed by atoms with E-state index < -0.39 is 0 Å². The standard InChI is InChI=1S/C26H22N4O2S/c1-17-8-3-4-9-19(17)15-30-22-13-6-5-12-21(22)24-25(30)27-26(29-28-24)33-16-23(31)18-10-7-11-20(14-18)32-2/h3-14H,15-16H2,1-2H3. The van der Waals surface area contributed by atoms with Crippen molar-refractivity contribution in [1.82, 2.24) is 19.7 Å². The molecule has 33 heavy (non-hydrogen) atoms. The molecule has 0 saturated carbocycles. The van der Waals surface area contributed by atoms with Crippen molar-refractivity contribution in [2.24, 2.45) is 0 Å². The lowest BCUT2D eigenvalue weighted by Gasteiger charge is -2.09. The Labute approximate surface area is 195 Å². The predicted octanol–water partition coefficient (Wildman–Crippen LogP) is 5.32. The fourth-order valence-electron chi connectivity index (χ4n) is 3.88. The molecule has 0 N–H and O–H groups in total. The zero-order chi connectivity index (χ0) is 22.8. The first-order valence-corrected chi connectivity index (χ1v) is 11.6. The molecule has 0 spiro atoms. The number of fused-ring (bicyclic) bond motifs is 3. The third kappa shape index (κ3) is 4.19. The molecule has 6 nitrogen and oxygen atoms in total. The minimum atomic E-state index is -0.0111. The summed E-state index contributed by atoms with van der Waals surface area (Å²) in [6.45, 7) is 2.80. The molecule has 0 aliphatic heterocycles. The first-order chi connectivity index (χ1) is 16.1. The van der Waals surface area contributed by atoms with Crippen molar-refractivity contribution in [2.45, 2.75) is 18.6 Å². The van der Waals surface area contributed by atoms with Gasteiger partial charge < -0.3 is 9.30 Å². The number of hydrogen-bond acceptors (Lipinski definition) is 6. The molecule has 0 unspecified atom stereocenters. The summed E-state index contributed by atoms with van der Waals surface area (Å²) < 4.78 is 7.39. The van der Waals surface area contributed by atoms with Crippen molar-refractivity contribution in [3.8, 4) is 5.75 Å². The van der Waals surface area contributed by atoms with E-state index in [1.54, 1.807) is 19.2 Å². The van der Waals surface area contributed by atoms with Crippen LogP contribution < -0.4 is 4.74 Å². The normalized spacial score (nSPS) is 11.2. The summed E-state index contributed by atoms with van der Waals surface area (Å²) in [6.07, 6.45) is 0. The van der Waals surface area contributed by atoms with Gasteiger partial charge in [0.05, 0.1) is 18.4 Å². The van der Waals surface area contributed by atoms with Crippen LogP contribution in [0.1, 0.15) is 21.5 Å². The molecule has 0 aliphatic carbocycles. The zero-order valence-electron chi connectivity index (χ0n) is 18.4. The van der Waals surface area contributed by atoms with Gasteiger partial charge in [-0.15, -0.1) is 10.2 Å². The van der Waals surface area contributed by atoms with Gasteiger partial charge in [0.25, 0.3) is 0 Å². The van der Waals surface area contributed by atoms with Crippen LogP contribution in [0.15, 0.2) is 78.0 Å². The van der Waals surface area contributed by atoms with Crippen LogP contribution in [-0.4, -0.2) is 38.4 Å². The number of rotatable bonds is 7. The molecular weight excluding hydrogens is 432 g/mol. The van der Waals surface area contributed by atoms with Crippen LogP contribution in [0.5, 0.6) is 5.75 Å². The number of ketones is 1. The highest BCUT2D eigenvalue weighted by molar-refractivity contribution is 7.99. The van der Waals surface area contributed by atoms with E-state index in [4.69, 9.17) is 9.72 Å². The van der Waals surface area contributed by atoms with E-state index >= 15 is 0 Å². The second kappa shape index (κ2) is 9.03. The summed E-state index contributed by atoms with van der Waals surface area (Å²) in [4.78, 5) is 17.5. The molecule has 5 rings (SSSR count). The maximum Gasteiger partial charge on any atom is 0.211 e. The van der Waals surface area contributed by atoms with Gasteiger partial charge in [0, 0.05) is 17.5 Å². The third-order valence-electron chi connectivity index (χ3n) is 5.67. The van der Waals surface area contributed by atoms with Crippen LogP contribution in [0.2, 0.25) is 0 Å². The molecule has 0 radical (unpaired) electrons. The number of aryl methyl sites for hydroxylation is 1. The Kier molecular flexibility index (Phi) is 5.79. The summed E-state index contributed by atoms with van der Waals surface area (Å²) in [7, 11) is 1.59. The summed E-state index contributed by atoms with van der Waals surface area (Å²) in [5, 5.41) is 10.3. The molecule has 164 valence electrons. The Morgan fingerprint density at radius 2 is 1.82 bits per heavy atom. The number of Topliss-reactive ketones (excluding diaryl/α,β-unsaturated/α-hetero) is 1. The lowest BCUT2D eigenvalue weighted by Crippen LogP contribution is -2.05. The van der Waals surface area contributed by atoms with Gasteiger partial charge in [-0.05, 0) is 36.2 Å². The van der Waals surface area contributed by atoms with Crippen molar-refractivity contribution in [2.75, 3.05) is 12.9 Å². The van der Waals surface area contributed by atoms with Crippen LogP contribution in [0.3, 0.4) is 0 Å².